The smallest absolute Gasteiger partial charge is 0.243 e. The summed E-state index contributed by atoms with van der Waals surface area (Å²) in [4.78, 5) is 10.9. The summed E-state index contributed by atoms with van der Waals surface area (Å²) < 4.78 is 0. The van der Waals surface area contributed by atoms with Gasteiger partial charge in [0.15, 0.2) is 0 Å². The standard InChI is InChI=1S/C30H61NO2S/c32-30(31-33)28-26-24-22-20-18-16-14-12-10-8-6-4-2-1-3-5-7-9-11-13-15-17-19-21-23-25-27-29-34/h33-34H,1-29H2,(H,31,32). The summed E-state index contributed by atoms with van der Waals surface area (Å²) in [5, 5.41) is 8.44. The minimum Gasteiger partial charge on any atom is -0.289 e. The van der Waals surface area contributed by atoms with Crippen LogP contribution >= 0.6 is 12.6 Å². The average Bonchev–Trinajstić information content (AvgIpc) is 2.85. The Kier molecular flexibility index (Phi) is 30.6. The first-order chi connectivity index (χ1) is 16.8. The lowest BCUT2D eigenvalue weighted by molar-refractivity contribution is -0.129. The highest BCUT2D eigenvalue weighted by atomic mass is 32.1. The lowest BCUT2D eigenvalue weighted by Crippen LogP contribution is -2.17. The van der Waals surface area contributed by atoms with Gasteiger partial charge in [-0.1, -0.05) is 161 Å². The van der Waals surface area contributed by atoms with E-state index in [1.807, 2.05) is 0 Å². The molecule has 0 unspecified atom stereocenters. The molecule has 0 saturated carbocycles. The zero-order valence-corrected chi connectivity index (χ0v) is 23.7. The van der Waals surface area contributed by atoms with Gasteiger partial charge >= 0.3 is 0 Å². The zero-order valence-electron chi connectivity index (χ0n) is 22.8. The molecule has 0 bridgehead atoms. The monoisotopic (exact) mass is 499 g/mol. The number of rotatable bonds is 29. The van der Waals surface area contributed by atoms with Crippen molar-refractivity contribution in [2.24, 2.45) is 0 Å². The fourth-order valence-electron chi connectivity index (χ4n) is 4.87. The summed E-state index contributed by atoms with van der Waals surface area (Å²) in [6, 6.07) is 0. The third-order valence-corrected chi connectivity index (χ3v) is 7.50. The number of hydrogen-bond acceptors (Lipinski definition) is 3. The maximum Gasteiger partial charge on any atom is 0.243 e. The Morgan fingerprint density at radius 2 is 0.618 bits per heavy atom. The van der Waals surface area contributed by atoms with Gasteiger partial charge in [0.05, 0.1) is 0 Å². The molecule has 0 aliphatic heterocycles. The van der Waals surface area contributed by atoms with Crippen LogP contribution < -0.4 is 5.48 Å². The van der Waals surface area contributed by atoms with Gasteiger partial charge in [-0.25, -0.2) is 5.48 Å². The summed E-state index contributed by atoms with van der Waals surface area (Å²) in [5.74, 6) is 0.802. The molecule has 0 atom stereocenters. The molecule has 3 nitrogen and oxygen atoms in total. The van der Waals surface area contributed by atoms with E-state index >= 15 is 0 Å². The second-order valence-electron chi connectivity index (χ2n) is 10.6. The van der Waals surface area contributed by atoms with E-state index in [1.54, 1.807) is 5.48 Å². The molecule has 0 aliphatic carbocycles. The van der Waals surface area contributed by atoms with Crippen LogP contribution in [-0.2, 0) is 4.79 Å². The topological polar surface area (TPSA) is 49.3 Å². The molecule has 4 heteroatoms. The highest BCUT2D eigenvalue weighted by Crippen LogP contribution is 2.16. The molecule has 0 rings (SSSR count). The summed E-state index contributed by atoms with van der Waals surface area (Å²) >= 11 is 4.27. The number of unbranched alkanes of at least 4 members (excludes halogenated alkanes) is 26. The van der Waals surface area contributed by atoms with E-state index in [2.05, 4.69) is 12.6 Å². The maximum atomic E-state index is 10.9. The zero-order chi connectivity index (χ0) is 24.8. The Labute approximate surface area is 219 Å². The molecule has 0 radical (unpaired) electrons. The number of carbonyl (C=O) groups excluding carboxylic acids is 1. The number of hydrogen-bond donors (Lipinski definition) is 3. The van der Waals surface area contributed by atoms with Crippen molar-refractivity contribution in [3.63, 3.8) is 0 Å². The molecule has 0 spiro atoms. The van der Waals surface area contributed by atoms with Crippen molar-refractivity contribution >= 4 is 18.5 Å². The molecule has 34 heavy (non-hydrogen) atoms. The van der Waals surface area contributed by atoms with Crippen LogP contribution in [0.2, 0.25) is 0 Å². The second kappa shape index (κ2) is 30.8. The molecular weight excluding hydrogens is 438 g/mol. The van der Waals surface area contributed by atoms with Crippen LogP contribution in [0.3, 0.4) is 0 Å². The van der Waals surface area contributed by atoms with Gasteiger partial charge in [-0.05, 0) is 18.6 Å². The Morgan fingerprint density at radius 1 is 0.412 bits per heavy atom. The Hall–Kier alpha value is -0.220. The SMILES string of the molecule is O=C(CCCCCCCCCCCCCCCCCCCCCCCCCCCCCS)NO. The van der Waals surface area contributed by atoms with Crippen LogP contribution in [0.5, 0.6) is 0 Å². The molecule has 0 aromatic heterocycles. The van der Waals surface area contributed by atoms with Crippen LogP contribution in [0.1, 0.15) is 180 Å². The Bertz CT molecular complexity index is 392. The summed E-state index contributed by atoms with van der Waals surface area (Å²) in [6.45, 7) is 0. The van der Waals surface area contributed by atoms with Gasteiger partial charge in [0, 0.05) is 6.42 Å². The number of nitrogens with one attached hydrogen (secondary N) is 1. The van der Waals surface area contributed by atoms with Gasteiger partial charge in [0.1, 0.15) is 0 Å². The van der Waals surface area contributed by atoms with Crippen molar-refractivity contribution in [1.29, 1.82) is 0 Å². The molecule has 204 valence electrons. The third-order valence-electron chi connectivity index (χ3n) is 7.19. The van der Waals surface area contributed by atoms with E-state index in [4.69, 9.17) is 5.21 Å². The fourth-order valence-corrected chi connectivity index (χ4v) is 5.10. The van der Waals surface area contributed by atoms with E-state index < -0.39 is 0 Å². The van der Waals surface area contributed by atoms with Crippen molar-refractivity contribution < 1.29 is 10.0 Å². The van der Waals surface area contributed by atoms with Crippen molar-refractivity contribution in [3.8, 4) is 0 Å². The first-order valence-corrected chi connectivity index (χ1v) is 16.0. The molecule has 0 aliphatic rings. The van der Waals surface area contributed by atoms with Crippen LogP contribution in [0.25, 0.3) is 0 Å². The Morgan fingerprint density at radius 3 is 0.824 bits per heavy atom. The first kappa shape index (κ1) is 33.8. The molecule has 0 heterocycles. The predicted octanol–water partition coefficient (Wildman–Crippen LogP) is 10.3. The fraction of sp³-hybridized carbons (Fsp3) is 0.967. The molecule has 0 aromatic carbocycles. The van der Waals surface area contributed by atoms with Gasteiger partial charge in [-0.2, -0.15) is 12.6 Å². The van der Waals surface area contributed by atoms with Crippen LogP contribution in [0, 0.1) is 0 Å². The van der Waals surface area contributed by atoms with E-state index in [0.29, 0.717) is 6.42 Å². The van der Waals surface area contributed by atoms with E-state index in [0.717, 1.165) is 18.6 Å². The van der Waals surface area contributed by atoms with Crippen LogP contribution in [0.15, 0.2) is 0 Å². The lowest BCUT2D eigenvalue weighted by atomic mass is 10.0. The van der Waals surface area contributed by atoms with Crippen molar-refractivity contribution in [3.05, 3.63) is 0 Å². The molecule has 2 N–H and O–H groups in total. The largest absolute Gasteiger partial charge is 0.289 e. The van der Waals surface area contributed by atoms with Crippen molar-refractivity contribution in [2.75, 3.05) is 5.75 Å². The molecule has 1 amide bonds. The highest BCUT2D eigenvalue weighted by molar-refractivity contribution is 7.80. The van der Waals surface area contributed by atoms with Gasteiger partial charge in [-0.15, -0.1) is 0 Å². The number of carbonyl (C=O) groups is 1. The van der Waals surface area contributed by atoms with E-state index in [1.165, 1.54) is 161 Å². The minimum atomic E-state index is -0.256. The van der Waals surface area contributed by atoms with Gasteiger partial charge in [-0.3, -0.25) is 10.0 Å². The van der Waals surface area contributed by atoms with Crippen molar-refractivity contribution in [2.45, 2.75) is 180 Å². The summed E-state index contributed by atoms with van der Waals surface area (Å²) in [7, 11) is 0. The number of thiol groups is 1. The lowest BCUT2D eigenvalue weighted by Gasteiger charge is -2.04. The molecule has 0 fully saturated rings. The molecule has 0 aromatic rings. The highest BCUT2D eigenvalue weighted by Gasteiger charge is 1.99. The normalized spacial score (nSPS) is 11.2. The first-order valence-electron chi connectivity index (χ1n) is 15.3. The number of hydroxylamine groups is 1. The van der Waals surface area contributed by atoms with Crippen LogP contribution in [0.4, 0.5) is 0 Å². The third kappa shape index (κ3) is 29.8. The van der Waals surface area contributed by atoms with Gasteiger partial charge < -0.3 is 0 Å². The maximum absolute atomic E-state index is 10.9. The Balaban J connectivity index is 3.02. The molecule has 0 saturated heterocycles. The minimum absolute atomic E-state index is 0.256. The predicted molar refractivity (Wildman–Crippen MR) is 153 cm³/mol. The average molecular weight is 500 g/mol. The summed E-state index contributed by atoms with van der Waals surface area (Å²) in [5.41, 5.74) is 1.70. The van der Waals surface area contributed by atoms with E-state index in [-0.39, 0.29) is 5.91 Å². The number of amides is 1. The van der Waals surface area contributed by atoms with Crippen molar-refractivity contribution in [1.82, 2.24) is 5.48 Å². The van der Waals surface area contributed by atoms with Gasteiger partial charge in [0.25, 0.3) is 0 Å². The molecular formula is C30H61NO2S. The van der Waals surface area contributed by atoms with Crippen LogP contribution in [-0.4, -0.2) is 16.9 Å². The van der Waals surface area contributed by atoms with E-state index in [9.17, 15) is 4.79 Å². The van der Waals surface area contributed by atoms with Gasteiger partial charge in [0.2, 0.25) is 5.91 Å². The summed E-state index contributed by atoms with van der Waals surface area (Å²) in [6.07, 6.45) is 37.8. The second-order valence-corrected chi connectivity index (χ2v) is 11.0. The quantitative estimate of drug-likeness (QED) is 0.0415.